The number of halogens is 2. The standard InChI is InChI=1S/C31H34F2N6O5/c1-19-16-37(11-12-38(19)28(41)26-18-42-31(2,3)44-26)30-34-14-22(15-35-30)20-9-10-23-24(13-20)39(36(4)27(23)40)17-21-7-5-6-8-25(21)43-29(32)33/h5-10,13-15,19,26,29H,11-12,16-18H2,1-4H3/t19-,26?/m1/s1. The molecule has 0 N–H and O–H groups in total. The summed E-state index contributed by atoms with van der Waals surface area (Å²) in [6, 6.07) is 11.9. The molecule has 1 amide bonds. The van der Waals surface area contributed by atoms with Crippen LogP contribution in [-0.2, 0) is 27.9 Å². The number of hydrogen-bond acceptors (Lipinski definition) is 8. The van der Waals surface area contributed by atoms with Gasteiger partial charge in [0.15, 0.2) is 11.9 Å². The number of amides is 1. The topological polar surface area (TPSA) is 104 Å². The third-order valence-electron chi connectivity index (χ3n) is 8.12. The van der Waals surface area contributed by atoms with Crippen LogP contribution >= 0.6 is 0 Å². The molecular formula is C31H34F2N6O5. The van der Waals surface area contributed by atoms with Gasteiger partial charge >= 0.3 is 6.61 Å². The Morgan fingerprint density at radius 2 is 1.86 bits per heavy atom. The molecule has 0 spiro atoms. The van der Waals surface area contributed by atoms with Crippen LogP contribution in [0.1, 0.15) is 26.3 Å². The quantitative estimate of drug-likeness (QED) is 0.314. The Hall–Kier alpha value is -4.36. The van der Waals surface area contributed by atoms with Crippen molar-refractivity contribution in [3.8, 4) is 16.9 Å². The third-order valence-corrected chi connectivity index (χ3v) is 8.12. The number of carbonyl (C=O) groups excluding carboxylic acids is 1. The van der Waals surface area contributed by atoms with Gasteiger partial charge in [-0.05, 0) is 44.5 Å². The van der Waals surface area contributed by atoms with E-state index in [1.807, 2.05) is 28.9 Å². The molecule has 11 nitrogen and oxygen atoms in total. The Bertz CT molecular complexity index is 1740. The van der Waals surface area contributed by atoms with Crippen LogP contribution < -0.4 is 15.2 Å². The van der Waals surface area contributed by atoms with Gasteiger partial charge < -0.3 is 24.0 Å². The predicted molar refractivity (Wildman–Crippen MR) is 159 cm³/mol. The molecular weight excluding hydrogens is 574 g/mol. The molecule has 0 aliphatic carbocycles. The lowest BCUT2D eigenvalue weighted by molar-refractivity contribution is -0.161. The smallest absolute Gasteiger partial charge is 0.387 e. The maximum absolute atomic E-state index is 13.1. The van der Waals surface area contributed by atoms with E-state index < -0.39 is 18.5 Å². The average Bonchev–Trinajstić information content (AvgIpc) is 3.48. The van der Waals surface area contributed by atoms with E-state index in [0.29, 0.717) is 42.0 Å². The van der Waals surface area contributed by atoms with Crippen molar-refractivity contribution in [2.45, 2.75) is 51.9 Å². The number of anilines is 1. The molecule has 44 heavy (non-hydrogen) atoms. The molecule has 232 valence electrons. The van der Waals surface area contributed by atoms with E-state index >= 15 is 0 Å². The number of alkyl halides is 2. The maximum Gasteiger partial charge on any atom is 0.387 e. The second-order valence-corrected chi connectivity index (χ2v) is 11.5. The summed E-state index contributed by atoms with van der Waals surface area (Å²) < 4.78 is 45.2. The van der Waals surface area contributed by atoms with E-state index in [1.165, 1.54) is 10.7 Å². The van der Waals surface area contributed by atoms with E-state index in [0.717, 1.165) is 11.1 Å². The summed E-state index contributed by atoms with van der Waals surface area (Å²) in [5, 5.41) is 0.501. The summed E-state index contributed by atoms with van der Waals surface area (Å²) in [6.45, 7) is 4.69. The van der Waals surface area contributed by atoms with Crippen LogP contribution in [0.4, 0.5) is 14.7 Å². The number of aromatic nitrogens is 4. The van der Waals surface area contributed by atoms with Crippen molar-refractivity contribution in [2.75, 3.05) is 31.1 Å². The highest BCUT2D eigenvalue weighted by molar-refractivity contribution is 5.84. The first-order valence-corrected chi connectivity index (χ1v) is 14.4. The summed E-state index contributed by atoms with van der Waals surface area (Å²) >= 11 is 0. The fraction of sp³-hybridized carbons (Fsp3) is 0.419. The monoisotopic (exact) mass is 608 g/mol. The number of carbonyl (C=O) groups is 1. The number of nitrogens with zero attached hydrogens (tertiary/aromatic N) is 6. The van der Waals surface area contributed by atoms with Gasteiger partial charge in [-0.15, -0.1) is 0 Å². The summed E-state index contributed by atoms with van der Waals surface area (Å²) in [6.07, 6.45) is 2.86. The lowest BCUT2D eigenvalue weighted by Crippen LogP contribution is -2.57. The lowest BCUT2D eigenvalue weighted by atomic mass is 10.1. The summed E-state index contributed by atoms with van der Waals surface area (Å²) in [7, 11) is 1.64. The molecule has 0 radical (unpaired) electrons. The number of piperazine rings is 1. The van der Waals surface area contributed by atoms with Gasteiger partial charge in [0.25, 0.3) is 11.5 Å². The average molecular weight is 609 g/mol. The Labute approximate surface area is 252 Å². The van der Waals surface area contributed by atoms with E-state index in [2.05, 4.69) is 9.97 Å². The minimum atomic E-state index is -2.96. The largest absolute Gasteiger partial charge is 0.434 e. The molecule has 2 aromatic heterocycles. The Morgan fingerprint density at radius 3 is 2.55 bits per heavy atom. The minimum absolute atomic E-state index is 0.0568. The van der Waals surface area contributed by atoms with Gasteiger partial charge in [-0.2, -0.15) is 8.78 Å². The van der Waals surface area contributed by atoms with Crippen LogP contribution in [0.2, 0.25) is 0 Å². The maximum atomic E-state index is 13.1. The zero-order valence-electron chi connectivity index (χ0n) is 24.9. The fourth-order valence-corrected chi connectivity index (χ4v) is 5.84. The summed E-state index contributed by atoms with van der Waals surface area (Å²) in [5.41, 5.74) is 2.50. The van der Waals surface area contributed by atoms with Crippen molar-refractivity contribution in [1.29, 1.82) is 0 Å². The van der Waals surface area contributed by atoms with E-state index in [1.54, 1.807) is 62.2 Å². The van der Waals surface area contributed by atoms with Crippen LogP contribution in [0.15, 0.2) is 59.7 Å². The van der Waals surface area contributed by atoms with Crippen LogP contribution in [0.5, 0.6) is 5.75 Å². The molecule has 4 heterocycles. The fourth-order valence-electron chi connectivity index (χ4n) is 5.84. The summed E-state index contributed by atoms with van der Waals surface area (Å²) in [4.78, 5) is 39.2. The van der Waals surface area contributed by atoms with Crippen LogP contribution in [-0.4, -0.2) is 80.9 Å². The molecule has 6 rings (SSSR count). The van der Waals surface area contributed by atoms with Crippen molar-refractivity contribution in [3.05, 3.63) is 70.8 Å². The van der Waals surface area contributed by atoms with Gasteiger partial charge in [0.05, 0.1) is 24.1 Å². The summed E-state index contributed by atoms with van der Waals surface area (Å²) in [5.74, 6) is -0.219. The first-order valence-electron chi connectivity index (χ1n) is 14.4. The van der Waals surface area contributed by atoms with Gasteiger partial charge in [-0.3, -0.25) is 19.0 Å². The molecule has 2 saturated heterocycles. The molecule has 2 aliphatic heterocycles. The highest BCUT2D eigenvalue weighted by Gasteiger charge is 2.41. The second kappa shape index (κ2) is 11.6. The zero-order valence-corrected chi connectivity index (χ0v) is 24.9. The van der Waals surface area contributed by atoms with Crippen LogP contribution in [0, 0.1) is 0 Å². The Morgan fingerprint density at radius 1 is 1.11 bits per heavy atom. The van der Waals surface area contributed by atoms with Crippen molar-refractivity contribution < 1.29 is 27.8 Å². The molecule has 13 heteroatoms. The molecule has 4 aromatic rings. The molecule has 1 unspecified atom stereocenters. The highest BCUT2D eigenvalue weighted by atomic mass is 19.3. The number of fused-ring (bicyclic) bond motifs is 1. The number of ether oxygens (including phenoxy) is 3. The molecule has 2 aliphatic rings. The van der Waals surface area contributed by atoms with Gasteiger partial charge in [0.1, 0.15) is 5.75 Å². The van der Waals surface area contributed by atoms with Crippen molar-refractivity contribution in [1.82, 2.24) is 24.2 Å². The SMILES string of the molecule is C[C@@H]1CN(c2ncc(-c3ccc4c(=O)n(C)n(Cc5ccccc5OC(F)F)c4c3)cn2)CCN1C(=O)C1COC(C)(C)O1. The van der Waals surface area contributed by atoms with Crippen molar-refractivity contribution >= 4 is 22.8 Å². The van der Waals surface area contributed by atoms with Crippen molar-refractivity contribution in [3.63, 3.8) is 0 Å². The first-order chi connectivity index (χ1) is 21.0. The van der Waals surface area contributed by atoms with E-state index in [4.69, 9.17) is 14.2 Å². The lowest BCUT2D eigenvalue weighted by Gasteiger charge is -2.40. The highest BCUT2D eigenvalue weighted by Crippen LogP contribution is 2.28. The first kappa shape index (κ1) is 29.7. The van der Waals surface area contributed by atoms with Gasteiger partial charge in [-0.1, -0.05) is 24.3 Å². The molecule has 2 aromatic carbocycles. The number of benzene rings is 2. The zero-order chi connectivity index (χ0) is 31.2. The van der Waals surface area contributed by atoms with Crippen LogP contribution in [0.25, 0.3) is 22.0 Å². The predicted octanol–water partition coefficient (Wildman–Crippen LogP) is 3.64. The number of para-hydroxylation sites is 1. The Kier molecular flexibility index (Phi) is 7.84. The molecule has 2 atom stereocenters. The van der Waals surface area contributed by atoms with Gasteiger partial charge in [-0.25, -0.2) is 9.97 Å². The second-order valence-electron chi connectivity index (χ2n) is 11.5. The number of hydrogen-bond donors (Lipinski definition) is 0. The normalized spacial score (nSPS) is 20.1. The van der Waals surface area contributed by atoms with Crippen LogP contribution in [0.3, 0.4) is 0 Å². The van der Waals surface area contributed by atoms with Gasteiger partial charge in [0, 0.05) is 56.2 Å². The molecule has 2 fully saturated rings. The van der Waals surface area contributed by atoms with E-state index in [9.17, 15) is 18.4 Å². The molecule has 0 saturated carbocycles. The third kappa shape index (κ3) is 5.76. The molecule has 0 bridgehead atoms. The van der Waals surface area contributed by atoms with E-state index in [-0.39, 0.29) is 36.4 Å². The number of rotatable bonds is 7. The minimum Gasteiger partial charge on any atom is -0.434 e. The van der Waals surface area contributed by atoms with Gasteiger partial charge in [0.2, 0.25) is 5.95 Å². The van der Waals surface area contributed by atoms with Crippen molar-refractivity contribution in [2.24, 2.45) is 7.05 Å². The Balaban J connectivity index is 1.19.